The second kappa shape index (κ2) is 9.00. The van der Waals surface area contributed by atoms with Crippen LogP contribution < -0.4 is 9.47 Å². The predicted octanol–water partition coefficient (Wildman–Crippen LogP) is 5.87. The molecule has 0 amide bonds. The van der Waals surface area contributed by atoms with E-state index >= 15 is 0 Å². The summed E-state index contributed by atoms with van der Waals surface area (Å²) < 4.78 is 35.6. The maximum absolute atomic E-state index is 12.5. The van der Waals surface area contributed by atoms with Gasteiger partial charge >= 0.3 is 12.6 Å². The number of aromatic carboxylic acids is 1. The molecule has 29 heavy (non-hydrogen) atoms. The van der Waals surface area contributed by atoms with Gasteiger partial charge in [-0.2, -0.15) is 8.78 Å². The number of carboxylic acids is 1. The van der Waals surface area contributed by atoms with E-state index in [4.69, 9.17) is 4.74 Å². The average molecular weight is 464 g/mol. The molecule has 8 heteroatoms. The molecule has 150 valence electrons. The van der Waals surface area contributed by atoms with Gasteiger partial charge in [0.2, 0.25) is 0 Å². The van der Waals surface area contributed by atoms with Crippen LogP contribution in [0.15, 0.2) is 46.9 Å². The van der Waals surface area contributed by atoms with Gasteiger partial charge in [-0.05, 0) is 55.0 Å². The highest BCUT2D eigenvalue weighted by Crippen LogP contribution is 2.31. The van der Waals surface area contributed by atoms with Crippen LogP contribution >= 0.6 is 15.9 Å². The van der Waals surface area contributed by atoms with Crippen molar-refractivity contribution in [1.29, 1.82) is 0 Å². The molecule has 1 heterocycles. The minimum absolute atomic E-state index is 0.0541. The van der Waals surface area contributed by atoms with Gasteiger partial charge in [0.1, 0.15) is 0 Å². The van der Waals surface area contributed by atoms with Crippen LogP contribution in [0, 0.1) is 0 Å². The Morgan fingerprint density at radius 1 is 1.17 bits per heavy atom. The summed E-state index contributed by atoms with van der Waals surface area (Å²) in [5.74, 6) is -0.920. The Labute approximate surface area is 173 Å². The number of rotatable bonds is 7. The third-order valence-electron chi connectivity index (χ3n) is 3.95. The summed E-state index contributed by atoms with van der Waals surface area (Å²) in [5, 5.41) is 10.0. The lowest BCUT2D eigenvalue weighted by molar-refractivity contribution is -0.0514. The summed E-state index contributed by atoms with van der Waals surface area (Å²) in [5.41, 5.74) is 1.78. The first kappa shape index (κ1) is 20.7. The Balaban J connectivity index is 1.97. The van der Waals surface area contributed by atoms with E-state index in [0.29, 0.717) is 22.2 Å². The van der Waals surface area contributed by atoms with Gasteiger partial charge in [-0.1, -0.05) is 28.1 Å². The molecule has 3 rings (SSSR count). The van der Waals surface area contributed by atoms with E-state index in [-0.39, 0.29) is 23.7 Å². The van der Waals surface area contributed by atoms with Crippen LogP contribution in [0.2, 0.25) is 0 Å². The van der Waals surface area contributed by atoms with Crippen LogP contribution in [0.4, 0.5) is 8.78 Å². The number of nitrogens with zero attached hydrogens (tertiary/aromatic N) is 1. The van der Waals surface area contributed by atoms with E-state index in [1.807, 2.05) is 0 Å². The molecular formula is C21H16BrF2NO4. The fourth-order valence-corrected chi connectivity index (χ4v) is 3.11. The quantitative estimate of drug-likeness (QED) is 0.474. The molecule has 1 N–H and O–H groups in total. The summed E-state index contributed by atoms with van der Waals surface area (Å²) in [6.45, 7) is -0.928. The first-order valence-corrected chi connectivity index (χ1v) is 9.40. The standard InChI is InChI=1S/C21H16BrF2NO4/c1-2-28-19-9-12(4-8-18(19)29-21(23)24)3-6-14-11-16(20(26)27)15-10-13(22)5-7-17(15)25-14/h3-11,21H,2H2,1H3,(H,26,27)/b6-3+. The minimum atomic E-state index is -2.95. The first-order chi connectivity index (χ1) is 13.9. The summed E-state index contributed by atoms with van der Waals surface area (Å²) in [4.78, 5) is 16.1. The van der Waals surface area contributed by atoms with E-state index < -0.39 is 12.6 Å². The smallest absolute Gasteiger partial charge is 0.387 e. The van der Waals surface area contributed by atoms with E-state index in [9.17, 15) is 18.7 Å². The van der Waals surface area contributed by atoms with Gasteiger partial charge in [-0.3, -0.25) is 0 Å². The topological polar surface area (TPSA) is 68.7 Å². The number of ether oxygens (including phenoxy) is 2. The molecule has 5 nitrogen and oxygen atoms in total. The normalized spacial score (nSPS) is 11.3. The molecule has 3 aromatic rings. The zero-order chi connectivity index (χ0) is 21.0. The van der Waals surface area contributed by atoms with Gasteiger partial charge in [0.25, 0.3) is 0 Å². The van der Waals surface area contributed by atoms with Crippen molar-refractivity contribution in [3.63, 3.8) is 0 Å². The van der Waals surface area contributed by atoms with E-state index in [2.05, 4.69) is 25.7 Å². The van der Waals surface area contributed by atoms with Crippen LogP contribution in [0.5, 0.6) is 11.5 Å². The molecule has 0 radical (unpaired) electrons. The van der Waals surface area contributed by atoms with Crippen LogP contribution in [0.25, 0.3) is 23.1 Å². The molecule has 1 aromatic heterocycles. The number of hydrogen-bond acceptors (Lipinski definition) is 4. The van der Waals surface area contributed by atoms with Gasteiger partial charge in [0, 0.05) is 9.86 Å². The lowest BCUT2D eigenvalue weighted by Gasteiger charge is -2.11. The molecule has 0 aliphatic heterocycles. The summed E-state index contributed by atoms with van der Waals surface area (Å²) in [6.07, 6.45) is 3.33. The number of halogens is 3. The number of carboxylic acid groups (broad SMARTS) is 1. The minimum Gasteiger partial charge on any atom is -0.490 e. The first-order valence-electron chi connectivity index (χ1n) is 8.60. The number of carbonyl (C=O) groups is 1. The zero-order valence-corrected chi connectivity index (χ0v) is 16.8. The number of pyridine rings is 1. The largest absolute Gasteiger partial charge is 0.490 e. The summed E-state index contributed by atoms with van der Waals surface area (Å²) in [6, 6.07) is 11.2. The van der Waals surface area contributed by atoms with Crippen LogP contribution in [0.3, 0.4) is 0 Å². The number of fused-ring (bicyclic) bond motifs is 1. The molecule has 0 atom stereocenters. The third kappa shape index (κ3) is 5.08. The van der Waals surface area contributed by atoms with Gasteiger partial charge in [-0.25, -0.2) is 9.78 Å². The average Bonchev–Trinajstić information content (AvgIpc) is 2.67. The van der Waals surface area contributed by atoms with Crippen molar-refractivity contribution in [1.82, 2.24) is 4.98 Å². The number of alkyl halides is 2. The SMILES string of the molecule is CCOc1cc(/C=C/c2cc(C(=O)O)c3cc(Br)ccc3n2)ccc1OC(F)F. The fraction of sp³-hybridized carbons (Fsp3) is 0.143. The van der Waals surface area contributed by atoms with E-state index in [1.54, 1.807) is 49.4 Å². The molecular weight excluding hydrogens is 448 g/mol. The van der Waals surface area contributed by atoms with Crippen molar-refractivity contribution in [2.24, 2.45) is 0 Å². The molecule has 0 saturated carbocycles. The highest BCUT2D eigenvalue weighted by atomic mass is 79.9. The Morgan fingerprint density at radius 2 is 1.97 bits per heavy atom. The maximum atomic E-state index is 12.5. The molecule has 0 saturated heterocycles. The molecule has 0 aliphatic rings. The lowest BCUT2D eigenvalue weighted by Crippen LogP contribution is -2.04. The van der Waals surface area contributed by atoms with Gasteiger partial charge in [0.05, 0.1) is 23.4 Å². The van der Waals surface area contributed by atoms with E-state index in [1.165, 1.54) is 12.1 Å². The Kier molecular flexibility index (Phi) is 6.43. The third-order valence-corrected chi connectivity index (χ3v) is 4.44. The van der Waals surface area contributed by atoms with Gasteiger partial charge < -0.3 is 14.6 Å². The van der Waals surface area contributed by atoms with Crippen molar-refractivity contribution in [2.75, 3.05) is 6.61 Å². The summed E-state index contributed by atoms with van der Waals surface area (Å²) in [7, 11) is 0. The zero-order valence-electron chi connectivity index (χ0n) is 15.2. The van der Waals surface area contributed by atoms with Crippen molar-refractivity contribution in [2.45, 2.75) is 13.5 Å². The molecule has 0 bridgehead atoms. The number of aromatic nitrogens is 1. The lowest BCUT2D eigenvalue weighted by atomic mass is 10.1. The van der Waals surface area contributed by atoms with Crippen molar-refractivity contribution in [3.8, 4) is 11.5 Å². The van der Waals surface area contributed by atoms with Gasteiger partial charge in [0.15, 0.2) is 11.5 Å². The van der Waals surface area contributed by atoms with E-state index in [0.717, 1.165) is 4.47 Å². The number of hydrogen-bond donors (Lipinski definition) is 1. The molecule has 0 unspecified atom stereocenters. The second-order valence-electron chi connectivity index (χ2n) is 5.91. The highest BCUT2D eigenvalue weighted by Gasteiger charge is 2.13. The van der Waals surface area contributed by atoms with Crippen molar-refractivity contribution < 1.29 is 28.2 Å². The van der Waals surface area contributed by atoms with Crippen molar-refractivity contribution in [3.05, 3.63) is 63.8 Å². The molecule has 0 aliphatic carbocycles. The Morgan fingerprint density at radius 3 is 2.66 bits per heavy atom. The number of benzene rings is 2. The fourth-order valence-electron chi connectivity index (χ4n) is 2.75. The Hall–Kier alpha value is -3.00. The van der Waals surface area contributed by atoms with Crippen LogP contribution in [0.1, 0.15) is 28.5 Å². The Bertz CT molecular complexity index is 1090. The summed E-state index contributed by atoms with van der Waals surface area (Å²) >= 11 is 3.33. The molecule has 2 aromatic carbocycles. The van der Waals surface area contributed by atoms with Crippen LogP contribution in [-0.4, -0.2) is 29.3 Å². The highest BCUT2D eigenvalue weighted by molar-refractivity contribution is 9.10. The monoisotopic (exact) mass is 463 g/mol. The maximum Gasteiger partial charge on any atom is 0.387 e. The van der Waals surface area contributed by atoms with Gasteiger partial charge in [-0.15, -0.1) is 0 Å². The molecule has 0 fully saturated rings. The predicted molar refractivity (Wildman–Crippen MR) is 110 cm³/mol. The van der Waals surface area contributed by atoms with Crippen LogP contribution in [-0.2, 0) is 0 Å². The van der Waals surface area contributed by atoms with Crippen molar-refractivity contribution >= 4 is 45.0 Å². The second-order valence-corrected chi connectivity index (χ2v) is 6.83. The molecule has 0 spiro atoms.